The summed E-state index contributed by atoms with van der Waals surface area (Å²) >= 11 is 0. The summed E-state index contributed by atoms with van der Waals surface area (Å²) in [6.45, 7) is 4.76. The maximum absolute atomic E-state index is 6.49. The first-order chi connectivity index (χ1) is 70.7. The SMILES string of the molecule is CC1(C)c2ccccc2-c2c1c1ccccc1c1c2ccc2cc(N(c3ccccc3)c3ccc4c(c3)oc3ccccc34)ccc21.c1ccc(N(c2ccc(-c3ccc4c(ccc5c4c4ccccc4c4oc6ccccc6c54)c3)cc2)c2cccc3c2oc2ccccc23)cc1.c1ccc(N(c2ccc3c(ccc4c3c3ccccc3c3oc5ccccc5c43)c2)c2ccc3c(c2)oc2ccccc23)cc1. The van der Waals surface area contributed by atoms with Crippen LogP contribution < -0.4 is 14.7 Å². The zero-order valence-corrected chi connectivity index (χ0v) is 78.0. The van der Waals surface area contributed by atoms with E-state index in [4.69, 9.17) is 22.1 Å². The van der Waals surface area contributed by atoms with Gasteiger partial charge in [0.25, 0.3) is 0 Å². The largest absolute Gasteiger partial charge is 0.456 e. The van der Waals surface area contributed by atoms with Gasteiger partial charge in [-0.1, -0.05) is 341 Å². The number of para-hydroxylation sites is 9. The van der Waals surface area contributed by atoms with Crippen LogP contribution in [0.15, 0.2) is 501 Å². The van der Waals surface area contributed by atoms with Gasteiger partial charge in [-0.2, -0.15) is 0 Å². The molecule has 1 aliphatic carbocycles. The average molecular weight is 1830 g/mol. The molecule has 0 unspecified atom stereocenters. The summed E-state index contributed by atoms with van der Waals surface area (Å²) < 4.78 is 32.1. The number of anilines is 9. The van der Waals surface area contributed by atoms with Crippen LogP contribution in [0.1, 0.15) is 25.0 Å². The van der Waals surface area contributed by atoms with Crippen LogP contribution >= 0.6 is 0 Å². The molecule has 0 aliphatic heterocycles. The highest BCUT2D eigenvalue weighted by Crippen LogP contribution is 2.57. The zero-order valence-electron chi connectivity index (χ0n) is 78.0. The zero-order chi connectivity index (χ0) is 94.2. The van der Waals surface area contributed by atoms with Gasteiger partial charge in [0.15, 0.2) is 5.58 Å². The van der Waals surface area contributed by atoms with E-state index in [-0.39, 0.29) is 5.41 Å². The normalized spacial score (nSPS) is 12.5. The molecule has 8 nitrogen and oxygen atoms in total. The molecule has 25 aromatic carbocycles. The van der Waals surface area contributed by atoms with Crippen LogP contribution in [-0.2, 0) is 5.41 Å². The van der Waals surface area contributed by atoms with Crippen molar-refractivity contribution in [2.24, 2.45) is 0 Å². The molecule has 30 aromatic rings. The molecule has 143 heavy (non-hydrogen) atoms. The fourth-order valence-corrected chi connectivity index (χ4v) is 23.7. The molecule has 0 amide bonds. The first kappa shape index (κ1) is 81.4. The predicted octanol–water partition coefficient (Wildman–Crippen LogP) is 39.3. The highest BCUT2D eigenvalue weighted by Gasteiger charge is 2.39. The maximum Gasteiger partial charge on any atom is 0.159 e. The standard InChI is InChI=1S/C48H29NO2.C45H31NO.C42H25NO2/c1-2-11-33(12-3-1)49(42-18-10-17-38-36-13-6-8-19-43(36)50-47(38)42)34-25-21-30(22-26-34)31-23-27-35-32(29-31)24-28-41-45(35)37-14-4-5-15-39(37)48-46(41)40-16-7-9-20-44(40)51-48;1-45(2)39-18-10-8-17-37(39)43-38-23-20-28-26-30(21-24-32(28)42(38)35-15-6-7-16-36(35)44(43)45)46(29-12-4-3-5-13-29)31-22-25-34-33-14-9-11-19-40(33)47-41(34)27-31;1-2-10-27(11-3-1)43(29-20-23-32-31-12-6-8-16-37(31)44-39(32)25-29)28-19-22-30-26(24-28)18-21-36-40(30)33-13-4-5-14-34(33)42-41(36)35-15-7-9-17-38(35)45-42/h1-29H;3-27H,1-2H3;1-25H. The van der Waals surface area contributed by atoms with Gasteiger partial charge in [0, 0.05) is 128 Å². The second kappa shape index (κ2) is 32.2. The second-order valence-corrected chi connectivity index (χ2v) is 38.2. The molecule has 0 saturated carbocycles. The van der Waals surface area contributed by atoms with Crippen LogP contribution in [0.3, 0.4) is 0 Å². The van der Waals surface area contributed by atoms with Gasteiger partial charge in [0.1, 0.15) is 50.2 Å². The van der Waals surface area contributed by atoms with E-state index in [1.807, 2.05) is 48.5 Å². The molecule has 1 aliphatic rings. The van der Waals surface area contributed by atoms with E-state index in [0.717, 1.165) is 166 Å². The lowest BCUT2D eigenvalue weighted by Crippen LogP contribution is -2.15. The molecular formula is C135H85N3O5. The van der Waals surface area contributed by atoms with E-state index in [1.165, 1.54) is 125 Å². The minimum Gasteiger partial charge on any atom is -0.456 e. The molecule has 31 rings (SSSR count). The third-order valence-electron chi connectivity index (χ3n) is 30.0. The number of rotatable bonds is 10. The van der Waals surface area contributed by atoms with Crippen LogP contribution in [0, 0.1) is 0 Å². The summed E-state index contributed by atoms with van der Waals surface area (Å²) in [6, 6.07) is 171. The molecule has 0 N–H and O–H groups in total. The Kier molecular flexibility index (Phi) is 18.3. The third-order valence-corrected chi connectivity index (χ3v) is 30.0. The quantitative estimate of drug-likeness (QED) is 0.125. The van der Waals surface area contributed by atoms with Crippen LogP contribution in [0.2, 0.25) is 0 Å². The molecule has 0 saturated heterocycles. The van der Waals surface area contributed by atoms with E-state index in [9.17, 15) is 0 Å². The fraction of sp³-hybridized carbons (Fsp3) is 0.0222. The molecule has 0 radical (unpaired) electrons. The Morgan fingerprint density at radius 1 is 0.175 bits per heavy atom. The Bertz CT molecular complexity index is 10500. The van der Waals surface area contributed by atoms with Crippen molar-refractivity contribution in [3.63, 3.8) is 0 Å². The lowest BCUT2D eigenvalue weighted by molar-refractivity contribution is 0.666. The Morgan fingerprint density at radius 2 is 0.490 bits per heavy atom. The Labute approximate surface area is 820 Å². The van der Waals surface area contributed by atoms with Crippen molar-refractivity contribution in [1.29, 1.82) is 0 Å². The van der Waals surface area contributed by atoms with Gasteiger partial charge in [-0.05, 0) is 259 Å². The number of benzene rings is 25. The Balaban J connectivity index is 0.000000102. The molecule has 0 atom stereocenters. The monoisotopic (exact) mass is 1830 g/mol. The van der Waals surface area contributed by atoms with Crippen molar-refractivity contribution in [3.05, 3.63) is 490 Å². The van der Waals surface area contributed by atoms with Gasteiger partial charge in [0.2, 0.25) is 0 Å². The first-order valence-corrected chi connectivity index (χ1v) is 49.0. The van der Waals surface area contributed by atoms with Gasteiger partial charge < -0.3 is 36.8 Å². The lowest BCUT2D eigenvalue weighted by Gasteiger charge is -2.26. The third kappa shape index (κ3) is 12.8. The Morgan fingerprint density at radius 3 is 0.993 bits per heavy atom. The molecule has 5 aromatic heterocycles. The van der Waals surface area contributed by atoms with Gasteiger partial charge in [0.05, 0.1) is 5.69 Å². The van der Waals surface area contributed by atoms with E-state index in [2.05, 4.69) is 459 Å². The summed E-state index contributed by atoms with van der Waals surface area (Å²) in [5.74, 6) is 0. The van der Waals surface area contributed by atoms with E-state index < -0.39 is 0 Å². The summed E-state index contributed by atoms with van der Waals surface area (Å²) in [4.78, 5) is 6.92. The van der Waals surface area contributed by atoms with Crippen LogP contribution in [-0.4, -0.2) is 0 Å². The highest BCUT2D eigenvalue weighted by atomic mass is 16.3. The molecular weight excluding hydrogens is 1740 g/mol. The molecule has 5 heterocycles. The second-order valence-electron chi connectivity index (χ2n) is 38.2. The lowest BCUT2D eigenvalue weighted by atomic mass is 9.79. The number of hydrogen-bond acceptors (Lipinski definition) is 8. The molecule has 0 fully saturated rings. The van der Waals surface area contributed by atoms with Gasteiger partial charge >= 0.3 is 0 Å². The minimum absolute atomic E-state index is 0.0737. The summed E-state index contributed by atoms with van der Waals surface area (Å²) in [6.07, 6.45) is 0. The number of hydrogen-bond donors (Lipinski definition) is 0. The minimum atomic E-state index is -0.0737. The molecule has 0 spiro atoms. The van der Waals surface area contributed by atoms with Crippen molar-refractivity contribution < 1.29 is 22.1 Å². The summed E-state index contributed by atoms with van der Waals surface area (Å²) in [5.41, 5.74) is 26.6. The Hall–Kier alpha value is -18.8. The van der Waals surface area contributed by atoms with Crippen LogP contribution in [0.5, 0.6) is 0 Å². The van der Waals surface area contributed by atoms with E-state index in [1.54, 1.807) is 0 Å². The van der Waals surface area contributed by atoms with Gasteiger partial charge in [-0.15, -0.1) is 0 Å². The topological polar surface area (TPSA) is 75.4 Å². The van der Waals surface area contributed by atoms with Gasteiger partial charge in [-0.3, -0.25) is 0 Å². The number of nitrogens with zero attached hydrogens (tertiary/aromatic N) is 3. The number of furan rings is 5. The highest BCUT2D eigenvalue weighted by molar-refractivity contribution is 6.37. The summed E-state index contributed by atoms with van der Waals surface area (Å²) in [7, 11) is 0. The van der Waals surface area contributed by atoms with Gasteiger partial charge in [-0.25, -0.2) is 0 Å². The van der Waals surface area contributed by atoms with E-state index >= 15 is 0 Å². The van der Waals surface area contributed by atoms with Crippen LogP contribution in [0.4, 0.5) is 51.2 Å². The van der Waals surface area contributed by atoms with Crippen molar-refractivity contribution >= 4 is 258 Å². The van der Waals surface area contributed by atoms with Crippen molar-refractivity contribution in [1.82, 2.24) is 0 Å². The maximum atomic E-state index is 6.49. The van der Waals surface area contributed by atoms with Crippen LogP contribution in [0.25, 0.3) is 229 Å². The van der Waals surface area contributed by atoms with E-state index in [0.29, 0.717) is 0 Å². The summed E-state index contributed by atoms with van der Waals surface area (Å²) in [5, 5.41) is 33.7. The van der Waals surface area contributed by atoms with Crippen molar-refractivity contribution in [2.45, 2.75) is 19.3 Å². The van der Waals surface area contributed by atoms with Crippen molar-refractivity contribution in [2.75, 3.05) is 14.7 Å². The average Bonchev–Trinajstić information content (AvgIpc) is 1.54. The molecule has 0 bridgehead atoms. The first-order valence-electron chi connectivity index (χ1n) is 49.0. The fourth-order valence-electron chi connectivity index (χ4n) is 23.7. The molecule has 670 valence electrons. The molecule has 8 heteroatoms. The smallest absolute Gasteiger partial charge is 0.159 e. The predicted molar refractivity (Wildman–Crippen MR) is 600 cm³/mol. The van der Waals surface area contributed by atoms with Crippen molar-refractivity contribution in [3.8, 4) is 22.3 Å². The number of fused-ring (bicyclic) bond motifs is 39.